The molecule has 0 bridgehead atoms. The molecule has 1 aliphatic carbocycles. The van der Waals surface area contributed by atoms with Crippen LogP contribution in [0.1, 0.15) is 19.3 Å². The molecule has 0 amide bonds. The summed E-state index contributed by atoms with van der Waals surface area (Å²) in [5.74, 6) is -0.414. The fraction of sp³-hybridized carbons (Fsp3) is 0.462. The van der Waals surface area contributed by atoms with Gasteiger partial charge in [0.25, 0.3) is 0 Å². The number of oxazole rings is 1. The highest BCUT2D eigenvalue weighted by atomic mass is 16.4. The van der Waals surface area contributed by atoms with E-state index in [4.69, 9.17) is 10.2 Å². The average Bonchev–Trinajstić information content (AvgIpc) is 2.91. The van der Waals surface area contributed by atoms with Gasteiger partial charge in [0.1, 0.15) is 0 Å². The third kappa shape index (κ3) is 1.80. The van der Waals surface area contributed by atoms with Gasteiger partial charge in [-0.25, -0.2) is 4.79 Å². The van der Waals surface area contributed by atoms with Crippen molar-refractivity contribution in [2.75, 3.05) is 11.9 Å². The van der Waals surface area contributed by atoms with Crippen LogP contribution in [0.4, 0.5) is 5.69 Å². The zero-order valence-electron chi connectivity index (χ0n) is 10.3. The van der Waals surface area contributed by atoms with Crippen LogP contribution in [0.15, 0.2) is 27.4 Å². The zero-order valence-corrected chi connectivity index (χ0v) is 10.3. The molecule has 3 N–H and O–H groups in total. The highest BCUT2D eigenvalue weighted by molar-refractivity contribution is 5.77. The Kier molecular flexibility index (Phi) is 2.63. The van der Waals surface area contributed by atoms with Crippen molar-refractivity contribution in [1.29, 1.82) is 0 Å². The number of H-pyrrole nitrogens is 1. The van der Waals surface area contributed by atoms with Crippen molar-refractivity contribution in [1.82, 2.24) is 4.98 Å². The number of likely N-dealkylation sites (N-methyl/N-ethyl adjacent to an activating group) is 1. The molecule has 1 aromatic carbocycles. The molecule has 0 spiro atoms. The van der Waals surface area contributed by atoms with Gasteiger partial charge in [0.05, 0.1) is 5.52 Å². The molecule has 1 aromatic heterocycles. The van der Waals surface area contributed by atoms with Crippen molar-refractivity contribution < 1.29 is 4.42 Å². The number of benzene rings is 1. The predicted octanol–water partition coefficient (Wildman–Crippen LogP) is 1.44. The molecule has 18 heavy (non-hydrogen) atoms. The normalized spacial score (nSPS) is 23.7. The first kappa shape index (κ1) is 11.3. The van der Waals surface area contributed by atoms with Gasteiger partial charge in [0.2, 0.25) is 0 Å². The highest BCUT2D eigenvalue weighted by Crippen LogP contribution is 2.27. The Bertz CT molecular complexity index is 616. The van der Waals surface area contributed by atoms with Crippen LogP contribution in [-0.4, -0.2) is 24.1 Å². The number of aromatic amines is 1. The Labute approximate surface area is 105 Å². The van der Waals surface area contributed by atoms with E-state index in [1.807, 2.05) is 18.2 Å². The molecule has 3 rings (SSSR count). The average molecular weight is 247 g/mol. The van der Waals surface area contributed by atoms with Crippen molar-refractivity contribution in [3.8, 4) is 0 Å². The van der Waals surface area contributed by atoms with E-state index in [1.54, 1.807) is 0 Å². The fourth-order valence-electron chi connectivity index (χ4n) is 2.80. The largest absolute Gasteiger partial charge is 0.417 e. The molecule has 96 valence electrons. The summed E-state index contributed by atoms with van der Waals surface area (Å²) < 4.78 is 4.99. The maximum Gasteiger partial charge on any atom is 0.417 e. The van der Waals surface area contributed by atoms with E-state index in [2.05, 4.69) is 16.9 Å². The van der Waals surface area contributed by atoms with Gasteiger partial charge in [-0.3, -0.25) is 4.98 Å². The van der Waals surface area contributed by atoms with Crippen LogP contribution in [-0.2, 0) is 0 Å². The lowest BCUT2D eigenvalue weighted by molar-refractivity contribution is 0.555. The molecule has 1 fully saturated rings. The van der Waals surface area contributed by atoms with Gasteiger partial charge in [-0.2, -0.15) is 0 Å². The third-order valence-electron chi connectivity index (χ3n) is 3.84. The SMILES string of the molecule is CN(c1ccc2oc(=O)[nH]c2c1)C1CCCC1N. The second kappa shape index (κ2) is 4.17. The van der Waals surface area contributed by atoms with Crippen molar-refractivity contribution in [2.24, 2.45) is 5.73 Å². The number of hydrogen-bond acceptors (Lipinski definition) is 4. The molecule has 0 saturated heterocycles. The van der Waals surface area contributed by atoms with E-state index in [-0.39, 0.29) is 6.04 Å². The second-order valence-corrected chi connectivity index (χ2v) is 4.97. The van der Waals surface area contributed by atoms with Crippen molar-refractivity contribution in [3.63, 3.8) is 0 Å². The summed E-state index contributed by atoms with van der Waals surface area (Å²) in [6.45, 7) is 0. The molecular weight excluding hydrogens is 230 g/mol. The van der Waals surface area contributed by atoms with Crippen molar-refractivity contribution in [3.05, 3.63) is 28.7 Å². The fourth-order valence-corrected chi connectivity index (χ4v) is 2.80. The molecule has 1 aliphatic rings. The van der Waals surface area contributed by atoms with E-state index < -0.39 is 5.76 Å². The van der Waals surface area contributed by atoms with Gasteiger partial charge in [0.15, 0.2) is 5.58 Å². The number of nitrogens with one attached hydrogen (secondary N) is 1. The van der Waals surface area contributed by atoms with Gasteiger partial charge >= 0.3 is 5.76 Å². The standard InChI is InChI=1S/C13H17N3O2/c1-16(11-4-2-3-9(11)14)8-5-6-12-10(7-8)15-13(17)18-12/h5-7,9,11H,2-4,14H2,1H3,(H,15,17). The Morgan fingerprint density at radius 1 is 1.44 bits per heavy atom. The molecule has 2 unspecified atom stereocenters. The molecule has 5 heteroatoms. The molecule has 5 nitrogen and oxygen atoms in total. The summed E-state index contributed by atoms with van der Waals surface area (Å²) in [5, 5.41) is 0. The minimum atomic E-state index is -0.414. The third-order valence-corrected chi connectivity index (χ3v) is 3.84. The Morgan fingerprint density at radius 2 is 2.28 bits per heavy atom. The van der Waals surface area contributed by atoms with Crippen LogP contribution >= 0.6 is 0 Å². The zero-order chi connectivity index (χ0) is 12.7. The van der Waals surface area contributed by atoms with Crippen molar-refractivity contribution in [2.45, 2.75) is 31.3 Å². The molecule has 0 aliphatic heterocycles. The minimum absolute atomic E-state index is 0.231. The highest BCUT2D eigenvalue weighted by Gasteiger charge is 2.27. The van der Waals surface area contributed by atoms with E-state index >= 15 is 0 Å². The summed E-state index contributed by atoms with van der Waals surface area (Å²) in [6, 6.07) is 6.32. The van der Waals surface area contributed by atoms with Gasteiger partial charge in [0, 0.05) is 24.8 Å². The first-order chi connectivity index (χ1) is 8.65. The number of hydrogen-bond donors (Lipinski definition) is 2. The van der Waals surface area contributed by atoms with Gasteiger partial charge < -0.3 is 15.1 Å². The monoisotopic (exact) mass is 247 g/mol. The van der Waals surface area contributed by atoms with Crippen LogP contribution in [0.3, 0.4) is 0 Å². The Balaban J connectivity index is 1.95. The predicted molar refractivity (Wildman–Crippen MR) is 70.9 cm³/mol. The minimum Gasteiger partial charge on any atom is -0.408 e. The molecule has 2 atom stereocenters. The smallest absolute Gasteiger partial charge is 0.408 e. The molecular formula is C13H17N3O2. The summed E-state index contributed by atoms with van der Waals surface area (Å²) in [5.41, 5.74) is 8.50. The topological polar surface area (TPSA) is 75.3 Å². The van der Waals surface area contributed by atoms with Crippen LogP contribution in [0.2, 0.25) is 0 Å². The van der Waals surface area contributed by atoms with Gasteiger partial charge in [-0.1, -0.05) is 0 Å². The van der Waals surface area contributed by atoms with E-state index in [0.29, 0.717) is 11.6 Å². The van der Waals surface area contributed by atoms with E-state index in [1.165, 1.54) is 6.42 Å². The van der Waals surface area contributed by atoms with Gasteiger partial charge in [-0.05, 0) is 37.5 Å². The summed E-state index contributed by atoms with van der Waals surface area (Å²) in [7, 11) is 2.05. The lowest BCUT2D eigenvalue weighted by Gasteiger charge is -2.29. The lowest BCUT2D eigenvalue weighted by atomic mass is 10.1. The molecule has 2 aromatic rings. The quantitative estimate of drug-likeness (QED) is 0.842. The molecule has 1 saturated carbocycles. The van der Waals surface area contributed by atoms with Crippen LogP contribution in [0, 0.1) is 0 Å². The summed E-state index contributed by atoms with van der Waals surface area (Å²) in [6.07, 6.45) is 3.39. The van der Waals surface area contributed by atoms with Crippen LogP contribution < -0.4 is 16.4 Å². The number of rotatable bonds is 2. The van der Waals surface area contributed by atoms with Gasteiger partial charge in [-0.15, -0.1) is 0 Å². The van der Waals surface area contributed by atoms with Crippen molar-refractivity contribution >= 4 is 16.8 Å². The molecule has 1 heterocycles. The number of anilines is 1. The van der Waals surface area contributed by atoms with Crippen LogP contribution in [0.5, 0.6) is 0 Å². The Hall–Kier alpha value is -1.75. The summed E-state index contributed by atoms with van der Waals surface area (Å²) in [4.78, 5) is 16.0. The number of nitrogens with two attached hydrogens (primary N) is 1. The van der Waals surface area contributed by atoms with Crippen LogP contribution in [0.25, 0.3) is 11.1 Å². The number of nitrogens with zero attached hydrogens (tertiary/aromatic N) is 1. The maximum atomic E-state index is 11.1. The van der Waals surface area contributed by atoms with E-state index in [0.717, 1.165) is 24.0 Å². The summed E-state index contributed by atoms with van der Waals surface area (Å²) >= 11 is 0. The lowest BCUT2D eigenvalue weighted by Crippen LogP contribution is -2.42. The van der Waals surface area contributed by atoms with E-state index in [9.17, 15) is 4.79 Å². The maximum absolute atomic E-state index is 11.1. The second-order valence-electron chi connectivity index (χ2n) is 4.97. The molecule has 0 radical (unpaired) electrons. The number of fused-ring (bicyclic) bond motifs is 1. The number of aromatic nitrogens is 1. The Morgan fingerprint density at radius 3 is 3.00 bits per heavy atom. The first-order valence-corrected chi connectivity index (χ1v) is 6.26. The first-order valence-electron chi connectivity index (χ1n) is 6.26.